The first-order valence-electron chi connectivity index (χ1n) is 9.54. The van der Waals surface area contributed by atoms with Gasteiger partial charge >= 0.3 is 0 Å². The van der Waals surface area contributed by atoms with Crippen LogP contribution < -0.4 is 5.32 Å². The predicted octanol–water partition coefficient (Wildman–Crippen LogP) is 5.00. The van der Waals surface area contributed by atoms with Crippen molar-refractivity contribution in [2.45, 2.75) is 17.9 Å². The van der Waals surface area contributed by atoms with Crippen molar-refractivity contribution in [3.05, 3.63) is 93.4 Å². The molecule has 6 nitrogen and oxygen atoms in total. The van der Waals surface area contributed by atoms with Gasteiger partial charge in [0.25, 0.3) is 0 Å². The minimum Gasteiger partial charge on any atom is -0.325 e. The van der Waals surface area contributed by atoms with Crippen molar-refractivity contribution in [3.8, 4) is 6.07 Å². The van der Waals surface area contributed by atoms with Crippen molar-refractivity contribution < 1.29 is 13.2 Å². The normalized spacial score (nSPS) is 11.2. The van der Waals surface area contributed by atoms with Crippen LogP contribution in [0.1, 0.15) is 11.1 Å². The van der Waals surface area contributed by atoms with Crippen molar-refractivity contribution >= 4 is 49.1 Å². The lowest BCUT2D eigenvalue weighted by Crippen LogP contribution is -2.37. The highest BCUT2D eigenvalue weighted by atomic mass is 79.9. The molecule has 32 heavy (non-hydrogen) atoms. The van der Waals surface area contributed by atoms with Crippen LogP contribution in [0.25, 0.3) is 0 Å². The van der Waals surface area contributed by atoms with Crippen LogP contribution in [0.3, 0.4) is 0 Å². The Morgan fingerprint density at radius 1 is 1.03 bits per heavy atom. The fraction of sp³-hybridized carbons (Fsp3) is 0.130. The second-order valence-corrected chi connectivity index (χ2v) is 10.2. The van der Waals surface area contributed by atoms with E-state index in [4.69, 9.17) is 16.9 Å². The van der Waals surface area contributed by atoms with E-state index in [0.29, 0.717) is 16.3 Å². The molecule has 0 unspecified atom stereocenters. The van der Waals surface area contributed by atoms with E-state index < -0.39 is 22.5 Å². The maximum Gasteiger partial charge on any atom is 0.243 e. The van der Waals surface area contributed by atoms with Crippen LogP contribution in [0.4, 0.5) is 5.69 Å². The lowest BCUT2D eigenvalue weighted by atomic mass is 10.1. The molecule has 9 heteroatoms. The highest BCUT2D eigenvalue weighted by Gasteiger charge is 2.27. The van der Waals surface area contributed by atoms with Crippen LogP contribution in [-0.2, 0) is 27.8 Å². The molecule has 3 aromatic carbocycles. The first kappa shape index (κ1) is 24.0. The number of hydrogen-bond donors (Lipinski definition) is 1. The predicted molar refractivity (Wildman–Crippen MR) is 128 cm³/mol. The standard InChI is InChI=1S/C23H19BrClN3O3S/c24-19-7-11-21(12-8-19)32(30,31)28(15-18-3-1-2-4-22(18)25)16-23(29)27-20-9-5-17(6-10-20)13-14-26/h1-12H,13,15-16H2,(H,27,29). The monoisotopic (exact) mass is 531 g/mol. The summed E-state index contributed by atoms with van der Waals surface area (Å²) in [5.41, 5.74) is 1.92. The molecule has 0 saturated heterocycles. The number of anilines is 1. The van der Waals surface area contributed by atoms with Gasteiger partial charge in [0.2, 0.25) is 15.9 Å². The van der Waals surface area contributed by atoms with Crippen molar-refractivity contribution in [1.82, 2.24) is 4.31 Å². The summed E-state index contributed by atoms with van der Waals surface area (Å²) < 4.78 is 28.5. The first-order valence-corrected chi connectivity index (χ1v) is 12.2. The quantitative estimate of drug-likeness (QED) is 0.442. The Balaban J connectivity index is 1.84. The lowest BCUT2D eigenvalue weighted by Gasteiger charge is -2.22. The molecular formula is C23H19BrClN3O3S. The molecule has 0 fully saturated rings. The number of hydrogen-bond acceptors (Lipinski definition) is 4. The summed E-state index contributed by atoms with van der Waals surface area (Å²) in [6.07, 6.45) is 0.269. The zero-order valence-electron chi connectivity index (χ0n) is 16.8. The Kier molecular flexibility index (Phi) is 8.04. The number of rotatable bonds is 8. The van der Waals surface area contributed by atoms with Gasteiger partial charge in [0, 0.05) is 21.7 Å². The molecule has 1 amide bonds. The molecule has 1 N–H and O–H groups in total. The number of nitriles is 1. The van der Waals surface area contributed by atoms with Gasteiger partial charge in [0.05, 0.1) is 23.9 Å². The van der Waals surface area contributed by atoms with E-state index >= 15 is 0 Å². The SMILES string of the molecule is N#CCc1ccc(NC(=O)CN(Cc2ccccc2Cl)S(=O)(=O)c2ccc(Br)cc2)cc1. The van der Waals surface area contributed by atoms with Crippen molar-refractivity contribution in [2.75, 3.05) is 11.9 Å². The van der Waals surface area contributed by atoms with Gasteiger partial charge < -0.3 is 5.32 Å². The molecule has 0 saturated carbocycles. The summed E-state index contributed by atoms with van der Waals surface area (Å²) in [5.74, 6) is -0.495. The van der Waals surface area contributed by atoms with Gasteiger partial charge in [-0.2, -0.15) is 9.57 Å². The van der Waals surface area contributed by atoms with Crippen molar-refractivity contribution in [1.29, 1.82) is 5.26 Å². The Morgan fingerprint density at radius 2 is 1.69 bits per heavy atom. The van der Waals surface area contributed by atoms with E-state index in [9.17, 15) is 13.2 Å². The molecule has 164 valence electrons. The third-order valence-corrected chi connectivity index (χ3v) is 7.30. The topological polar surface area (TPSA) is 90.3 Å². The van der Waals surface area contributed by atoms with Crippen molar-refractivity contribution in [2.24, 2.45) is 0 Å². The molecule has 0 aliphatic carbocycles. The summed E-state index contributed by atoms with van der Waals surface area (Å²) in [5, 5.41) is 11.9. The maximum absolute atomic E-state index is 13.3. The van der Waals surface area contributed by atoms with E-state index in [1.54, 1.807) is 60.7 Å². The molecule has 3 aromatic rings. The summed E-state index contributed by atoms with van der Waals surface area (Å²) in [7, 11) is -3.98. The Morgan fingerprint density at radius 3 is 2.31 bits per heavy atom. The van der Waals surface area contributed by atoms with Crippen LogP contribution in [0.2, 0.25) is 5.02 Å². The number of halogens is 2. The van der Waals surface area contributed by atoms with E-state index in [1.807, 2.05) is 0 Å². The molecule has 0 atom stereocenters. The molecule has 0 aromatic heterocycles. The zero-order chi connectivity index (χ0) is 23.1. The van der Waals surface area contributed by atoms with Crippen LogP contribution in [0.5, 0.6) is 0 Å². The van der Waals surface area contributed by atoms with Crippen LogP contribution in [0.15, 0.2) is 82.2 Å². The Labute approximate surface area is 200 Å². The number of nitrogens with one attached hydrogen (secondary N) is 1. The van der Waals surface area contributed by atoms with Gasteiger partial charge in [-0.15, -0.1) is 0 Å². The number of benzene rings is 3. The first-order chi connectivity index (χ1) is 15.3. The second kappa shape index (κ2) is 10.7. The van der Waals surface area contributed by atoms with Gasteiger partial charge in [-0.25, -0.2) is 8.42 Å². The van der Waals surface area contributed by atoms with Crippen LogP contribution >= 0.6 is 27.5 Å². The highest BCUT2D eigenvalue weighted by molar-refractivity contribution is 9.10. The molecular weight excluding hydrogens is 514 g/mol. The number of amides is 1. The van der Waals surface area contributed by atoms with E-state index in [1.165, 1.54) is 12.1 Å². The number of sulfonamides is 1. The molecule has 0 spiro atoms. The fourth-order valence-corrected chi connectivity index (χ4v) is 4.79. The minimum atomic E-state index is -3.98. The largest absolute Gasteiger partial charge is 0.325 e. The van der Waals surface area contributed by atoms with E-state index in [0.717, 1.165) is 14.3 Å². The minimum absolute atomic E-state index is 0.0629. The highest BCUT2D eigenvalue weighted by Crippen LogP contribution is 2.24. The number of carbonyl (C=O) groups excluding carboxylic acids is 1. The second-order valence-electron chi connectivity index (χ2n) is 6.90. The third kappa shape index (κ3) is 6.17. The van der Waals surface area contributed by atoms with E-state index in [-0.39, 0.29) is 17.9 Å². The fourth-order valence-electron chi connectivity index (χ4n) is 2.96. The summed E-state index contributed by atoms with van der Waals surface area (Å²) >= 11 is 9.54. The van der Waals surface area contributed by atoms with Gasteiger partial charge in [-0.3, -0.25) is 4.79 Å². The van der Waals surface area contributed by atoms with Crippen LogP contribution in [-0.4, -0.2) is 25.2 Å². The smallest absolute Gasteiger partial charge is 0.243 e. The van der Waals surface area contributed by atoms with Gasteiger partial charge in [-0.05, 0) is 53.6 Å². The van der Waals surface area contributed by atoms with E-state index in [2.05, 4.69) is 27.3 Å². The van der Waals surface area contributed by atoms with Gasteiger partial charge in [0.15, 0.2) is 0 Å². The summed E-state index contributed by atoms with van der Waals surface area (Å²) in [4.78, 5) is 12.8. The molecule has 3 rings (SSSR count). The maximum atomic E-state index is 13.3. The zero-order valence-corrected chi connectivity index (χ0v) is 20.0. The average molecular weight is 533 g/mol. The van der Waals surface area contributed by atoms with Gasteiger partial charge in [0.1, 0.15) is 0 Å². The molecule has 0 bridgehead atoms. The summed E-state index contributed by atoms with van der Waals surface area (Å²) in [6.45, 7) is -0.462. The number of carbonyl (C=O) groups is 1. The van der Waals surface area contributed by atoms with Crippen LogP contribution in [0, 0.1) is 11.3 Å². The molecule has 0 heterocycles. The Hall–Kier alpha value is -2.70. The summed E-state index contributed by atoms with van der Waals surface area (Å²) in [6, 6.07) is 22.0. The van der Waals surface area contributed by atoms with Gasteiger partial charge in [-0.1, -0.05) is 57.9 Å². The lowest BCUT2D eigenvalue weighted by molar-refractivity contribution is -0.116. The van der Waals surface area contributed by atoms with Crippen molar-refractivity contribution in [3.63, 3.8) is 0 Å². The average Bonchev–Trinajstić information content (AvgIpc) is 2.76. The molecule has 0 radical (unpaired) electrons. The molecule has 0 aliphatic heterocycles. The molecule has 0 aliphatic rings. The third-order valence-electron chi connectivity index (χ3n) is 4.60. The Bertz CT molecular complexity index is 1240. The number of nitrogens with zero attached hydrogens (tertiary/aromatic N) is 2.